The number of nitrogens with one attached hydrogen (secondary N) is 2. The number of aryl methyl sites for hydroxylation is 1. The van der Waals surface area contributed by atoms with E-state index in [1.807, 2.05) is 61.5 Å². The van der Waals surface area contributed by atoms with Gasteiger partial charge in [0, 0.05) is 16.3 Å². The molecule has 7 nitrogen and oxygen atoms in total. The van der Waals surface area contributed by atoms with E-state index in [9.17, 15) is 9.59 Å². The van der Waals surface area contributed by atoms with Gasteiger partial charge in [-0.1, -0.05) is 48.5 Å². The molecule has 0 aliphatic carbocycles. The molecule has 7 heteroatoms. The van der Waals surface area contributed by atoms with Gasteiger partial charge in [-0.25, -0.2) is 9.78 Å². The van der Waals surface area contributed by atoms with Crippen molar-refractivity contribution in [2.24, 2.45) is 5.73 Å². The number of rotatable bonds is 9. The summed E-state index contributed by atoms with van der Waals surface area (Å²) in [5.74, 6) is -0.867. The Balaban J connectivity index is 1.53. The van der Waals surface area contributed by atoms with Crippen LogP contribution in [0.4, 0.5) is 0 Å². The summed E-state index contributed by atoms with van der Waals surface area (Å²) >= 11 is 0. The van der Waals surface area contributed by atoms with E-state index in [0.29, 0.717) is 19.4 Å². The van der Waals surface area contributed by atoms with Gasteiger partial charge in [0.05, 0.1) is 11.2 Å². The number of ether oxygens (including phenoxy) is 1. The van der Waals surface area contributed by atoms with Crippen molar-refractivity contribution < 1.29 is 14.3 Å². The van der Waals surface area contributed by atoms with Crippen LogP contribution in [0, 0.1) is 6.92 Å². The lowest BCUT2D eigenvalue weighted by Gasteiger charge is -2.18. The van der Waals surface area contributed by atoms with E-state index in [4.69, 9.17) is 10.5 Å². The Morgan fingerprint density at radius 1 is 1.06 bits per heavy atom. The Morgan fingerprint density at radius 3 is 2.61 bits per heavy atom. The molecule has 2 heterocycles. The number of unbranched alkanes of at least 4 members (excludes halogenated alkanes) is 1. The fourth-order valence-corrected chi connectivity index (χ4v) is 3.92. The second-order valence-corrected chi connectivity index (χ2v) is 8.09. The van der Waals surface area contributed by atoms with Gasteiger partial charge < -0.3 is 20.8 Å². The summed E-state index contributed by atoms with van der Waals surface area (Å²) in [6, 6.07) is 18.4. The lowest BCUT2D eigenvalue weighted by atomic mass is 10.1. The number of fused-ring (bicyclic) bond motifs is 3. The highest BCUT2D eigenvalue weighted by Crippen LogP contribution is 2.27. The Kier molecular flexibility index (Phi) is 7.00. The van der Waals surface area contributed by atoms with Gasteiger partial charge in [0.15, 0.2) is 0 Å². The van der Waals surface area contributed by atoms with Gasteiger partial charge in [-0.2, -0.15) is 0 Å². The van der Waals surface area contributed by atoms with Crippen LogP contribution in [0.2, 0.25) is 0 Å². The van der Waals surface area contributed by atoms with E-state index in [2.05, 4.69) is 15.3 Å². The van der Waals surface area contributed by atoms with Gasteiger partial charge in [0.2, 0.25) is 0 Å². The zero-order valence-electron chi connectivity index (χ0n) is 18.6. The third kappa shape index (κ3) is 5.21. The van der Waals surface area contributed by atoms with Crippen LogP contribution in [0.15, 0.2) is 60.7 Å². The number of esters is 1. The fourth-order valence-electron chi connectivity index (χ4n) is 3.92. The fraction of sp³-hybridized carbons (Fsp3) is 0.269. The zero-order valence-corrected chi connectivity index (χ0v) is 18.6. The van der Waals surface area contributed by atoms with Crippen LogP contribution in [0.5, 0.6) is 0 Å². The molecule has 0 unspecified atom stereocenters. The van der Waals surface area contributed by atoms with Crippen molar-refractivity contribution in [1.82, 2.24) is 15.3 Å². The minimum absolute atomic E-state index is 0.154. The first-order valence-electron chi connectivity index (χ1n) is 11.2. The minimum atomic E-state index is -0.770. The number of pyridine rings is 1. The Morgan fingerprint density at radius 2 is 1.82 bits per heavy atom. The van der Waals surface area contributed by atoms with Crippen molar-refractivity contribution in [2.45, 2.75) is 38.8 Å². The minimum Gasteiger partial charge on any atom is -0.459 e. The van der Waals surface area contributed by atoms with Gasteiger partial charge in [0.25, 0.3) is 5.91 Å². The van der Waals surface area contributed by atoms with Crippen molar-refractivity contribution >= 4 is 33.7 Å². The first-order valence-corrected chi connectivity index (χ1v) is 11.2. The lowest BCUT2D eigenvalue weighted by Crippen LogP contribution is -2.42. The number of para-hydroxylation sites is 1. The average Bonchev–Trinajstić information content (AvgIpc) is 3.22. The number of H-pyrrole nitrogens is 1. The largest absolute Gasteiger partial charge is 0.459 e. The van der Waals surface area contributed by atoms with Crippen molar-refractivity contribution in [3.05, 3.63) is 77.6 Å². The van der Waals surface area contributed by atoms with E-state index in [1.165, 1.54) is 0 Å². The predicted octanol–water partition coefficient (Wildman–Crippen LogP) is 4.00. The predicted molar refractivity (Wildman–Crippen MR) is 129 cm³/mol. The van der Waals surface area contributed by atoms with Crippen LogP contribution >= 0.6 is 0 Å². The molecule has 4 aromatic rings. The van der Waals surface area contributed by atoms with E-state index in [1.54, 1.807) is 6.07 Å². The monoisotopic (exact) mass is 444 g/mol. The maximum atomic E-state index is 13.1. The highest BCUT2D eigenvalue weighted by Gasteiger charge is 2.24. The summed E-state index contributed by atoms with van der Waals surface area (Å²) in [4.78, 5) is 33.7. The average molecular weight is 445 g/mol. The van der Waals surface area contributed by atoms with Crippen molar-refractivity contribution in [2.75, 3.05) is 6.54 Å². The summed E-state index contributed by atoms with van der Waals surface area (Å²) in [7, 11) is 0. The third-order valence-corrected chi connectivity index (χ3v) is 5.67. The molecule has 4 N–H and O–H groups in total. The Bertz CT molecular complexity index is 1270. The molecule has 0 aliphatic rings. The molecule has 0 radical (unpaired) electrons. The molecule has 2 aromatic heterocycles. The van der Waals surface area contributed by atoms with E-state index >= 15 is 0 Å². The quantitative estimate of drug-likeness (QED) is 0.267. The van der Waals surface area contributed by atoms with E-state index in [-0.39, 0.29) is 12.3 Å². The first kappa shape index (κ1) is 22.5. The molecule has 1 atom stereocenters. The van der Waals surface area contributed by atoms with Crippen LogP contribution < -0.4 is 11.1 Å². The number of hydrogen-bond donors (Lipinski definition) is 3. The molecule has 170 valence electrons. The molecule has 1 amide bonds. The maximum Gasteiger partial charge on any atom is 0.328 e. The summed E-state index contributed by atoms with van der Waals surface area (Å²) in [5, 5.41) is 4.78. The molecule has 0 spiro atoms. The molecule has 0 aliphatic heterocycles. The molecular weight excluding hydrogens is 416 g/mol. The number of benzene rings is 2. The second-order valence-electron chi connectivity index (χ2n) is 8.09. The number of aromatic nitrogens is 2. The number of carbonyl (C=O) groups is 2. The van der Waals surface area contributed by atoms with Gasteiger partial charge in [-0.3, -0.25) is 4.79 Å². The topological polar surface area (TPSA) is 110 Å². The smallest absolute Gasteiger partial charge is 0.328 e. The number of nitrogens with zero attached hydrogens (tertiary/aromatic N) is 1. The number of hydrogen-bond acceptors (Lipinski definition) is 5. The molecular formula is C26H28N4O3. The standard InChI is InChI=1S/C26H28N4O3/c1-17-24-20(19-11-5-6-12-21(19)29-24)15-23(28-17)25(31)30-22(13-7-8-14-27)26(32)33-16-18-9-3-2-4-10-18/h2-6,9-12,15,22,29H,7-8,13-14,16,27H2,1H3,(H,30,31)/t22-/m0/s1. The van der Waals surface area contributed by atoms with Gasteiger partial charge >= 0.3 is 5.97 Å². The summed E-state index contributed by atoms with van der Waals surface area (Å²) in [6.07, 6.45) is 1.91. The summed E-state index contributed by atoms with van der Waals surface area (Å²) in [6.45, 7) is 2.54. The van der Waals surface area contributed by atoms with Crippen LogP contribution in [-0.4, -0.2) is 34.4 Å². The van der Waals surface area contributed by atoms with Crippen molar-refractivity contribution in [3.63, 3.8) is 0 Å². The summed E-state index contributed by atoms with van der Waals surface area (Å²) in [5.41, 5.74) is 9.37. The third-order valence-electron chi connectivity index (χ3n) is 5.67. The number of aromatic amines is 1. The Hall–Kier alpha value is -3.71. The molecule has 2 aromatic carbocycles. The van der Waals surface area contributed by atoms with Gasteiger partial charge in [0.1, 0.15) is 18.3 Å². The number of nitrogens with two attached hydrogens (primary N) is 1. The molecule has 4 rings (SSSR count). The maximum absolute atomic E-state index is 13.1. The zero-order chi connectivity index (χ0) is 23.2. The second kappa shape index (κ2) is 10.3. The Labute approximate surface area is 192 Å². The first-order chi connectivity index (χ1) is 16.1. The lowest BCUT2D eigenvalue weighted by molar-refractivity contribution is -0.147. The normalized spacial score (nSPS) is 12.1. The highest BCUT2D eigenvalue weighted by molar-refractivity contribution is 6.10. The number of carbonyl (C=O) groups excluding carboxylic acids is 2. The summed E-state index contributed by atoms with van der Waals surface area (Å²) < 4.78 is 5.49. The van der Waals surface area contributed by atoms with Crippen LogP contribution in [0.1, 0.15) is 41.0 Å². The van der Waals surface area contributed by atoms with Crippen LogP contribution in [0.3, 0.4) is 0 Å². The molecule has 0 saturated carbocycles. The van der Waals surface area contributed by atoms with Gasteiger partial charge in [-0.15, -0.1) is 0 Å². The van der Waals surface area contributed by atoms with E-state index < -0.39 is 17.9 Å². The van der Waals surface area contributed by atoms with E-state index in [0.717, 1.165) is 39.5 Å². The number of amides is 1. The molecule has 0 fully saturated rings. The van der Waals surface area contributed by atoms with Crippen LogP contribution in [-0.2, 0) is 16.1 Å². The van der Waals surface area contributed by atoms with Crippen molar-refractivity contribution in [3.8, 4) is 0 Å². The molecule has 33 heavy (non-hydrogen) atoms. The van der Waals surface area contributed by atoms with Gasteiger partial charge in [-0.05, 0) is 50.4 Å². The van der Waals surface area contributed by atoms with Crippen molar-refractivity contribution in [1.29, 1.82) is 0 Å². The van der Waals surface area contributed by atoms with Crippen LogP contribution in [0.25, 0.3) is 21.8 Å². The molecule has 0 bridgehead atoms. The SMILES string of the molecule is Cc1nc(C(=O)N[C@@H](CCCCN)C(=O)OCc2ccccc2)cc2c1[nH]c1ccccc12. The highest BCUT2D eigenvalue weighted by atomic mass is 16.5. The molecule has 0 saturated heterocycles.